The van der Waals surface area contributed by atoms with Gasteiger partial charge in [0.1, 0.15) is 4.21 Å². The third-order valence-electron chi connectivity index (χ3n) is 4.16. The number of rotatable bonds is 6. The van der Waals surface area contributed by atoms with Crippen LogP contribution in [0.1, 0.15) is 23.4 Å². The molecule has 1 atom stereocenters. The van der Waals surface area contributed by atoms with E-state index >= 15 is 0 Å². The van der Waals surface area contributed by atoms with Gasteiger partial charge in [-0.05, 0) is 49.9 Å². The van der Waals surface area contributed by atoms with Gasteiger partial charge < -0.3 is 5.11 Å². The molecule has 0 aliphatic heterocycles. The molecule has 2 aromatic rings. The number of nitrogens with one attached hydrogen (secondary N) is 1. The van der Waals surface area contributed by atoms with E-state index in [1.54, 1.807) is 18.3 Å². The first-order valence-electron chi connectivity index (χ1n) is 7.61. The Hall–Kier alpha value is -1.28. The van der Waals surface area contributed by atoms with Crippen molar-refractivity contribution in [2.45, 2.75) is 42.5 Å². The Kier molecular flexibility index (Phi) is 4.82. The molecule has 0 amide bonds. The van der Waals surface area contributed by atoms with Crippen LogP contribution in [0.3, 0.4) is 0 Å². The highest BCUT2D eigenvalue weighted by atomic mass is 32.2. The fourth-order valence-electron chi connectivity index (χ4n) is 2.82. The lowest BCUT2D eigenvalue weighted by Crippen LogP contribution is -2.48. The van der Waals surface area contributed by atoms with Gasteiger partial charge in [0, 0.05) is 29.2 Å². The number of pyridine rings is 1. The van der Waals surface area contributed by atoms with E-state index in [1.807, 2.05) is 25.1 Å². The van der Waals surface area contributed by atoms with Crippen molar-refractivity contribution in [1.29, 1.82) is 0 Å². The Morgan fingerprint density at radius 1 is 1.35 bits per heavy atom. The lowest BCUT2D eigenvalue weighted by Gasteiger charge is -2.37. The normalized spacial score (nSPS) is 22.5. The van der Waals surface area contributed by atoms with Gasteiger partial charge in [0.2, 0.25) is 10.0 Å². The zero-order chi connectivity index (χ0) is 16.4. The first kappa shape index (κ1) is 16.6. The molecule has 0 radical (unpaired) electrons. The molecule has 1 fully saturated rings. The quantitative estimate of drug-likeness (QED) is 0.834. The second-order valence-electron chi connectivity index (χ2n) is 6.00. The number of hydrogen-bond donors (Lipinski definition) is 2. The standard InChI is InChI=1S/C16H20N2O3S2/c1-11-5-6-16(22-11)23(20,21)18-15(12-8-14(19)9-12)10-13-4-2-3-7-17-13/h2-7,12,14-15,18-19H,8-10H2,1H3. The Labute approximate surface area is 140 Å². The lowest BCUT2D eigenvalue weighted by molar-refractivity contribution is 0.0282. The van der Waals surface area contributed by atoms with E-state index in [4.69, 9.17) is 0 Å². The van der Waals surface area contributed by atoms with Gasteiger partial charge in [0.05, 0.1) is 6.10 Å². The Balaban J connectivity index is 1.78. The van der Waals surface area contributed by atoms with Crippen LogP contribution in [0, 0.1) is 12.8 Å². The van der Waals surface area contributed by atoms with Crippen molar-refractivity contribution in [3.05, 3.63) is 47.1 Å². The molecule has 7 heteroatoms. The van der Waals surface area contributed by atoms with Crippen LogP contribution in [0.25, 0.3) is 0 Å². The van der Waals surface area contributed by atoms with Crippen LogP contribution < -0.4 is 4.72 Å². The summed E-state index contributed by atoms with van der Waals surface area (Å²) < 4.78 is 28.3. The van der Waals surface area contributed by atoms with Gasteiger partial charge in [0.15, 0.2) is 0 Å². The number of aliphatic hydroxyl groups excluding tert-OH is 1. The van der Waals surface area contributed by atoms with Gasteiger partial charge in [-0.1, -0.05) is 6.07 Å². The van der Waals surface area contributed by atoms with Crippen molar-refractivity contribution in [3.63, 3.8) is 0 Å². The fourth-order valence-corrected chi connectivity index (χ4v) is 5.43. The molecule has 1 saturated carbocycles. The largest absolute Gasteiger partial charge is 0.393 e. The maximum atomic E-state index is 12.6. The molecule has 1 aliphatic rings. The number of nitrogens with zero attached hydrogens (tertiary/aromatic N) is 1. The Morgan fingerprint density at radius 2 is 2.13 bits per heavy atom. The zero-order valence-corrected chi connectivity index (χ0v) is 14.5. The third-order valence-corrected chi connectivity index (χ3v) is 7.14. The lowest BCUT2D eigenvalue weighted by atomic mass is 9.76. The molecule has 3 rings (SSSR count). The number of aryl methyl sites for hydroxylation is 1. The van der Waals surface area contributed by atoms with Crippen LogP contribution in [-0.2, 0) is 16.4 Å². The predicted octanol–water partition coefficient (Wildman–Crippen LogP) is 2.11. The molecule has 0 spiro atoms. The van der Waals surface area contributed by atoms with Gasteiger partial charge in [-0.2, -0.15) is 0 Å². The molecule has 2 aromatic heterocycles. The molecule has 2 N–H and O–H groups in total. The van der Waals surface area contributed by atoms with E-state index in [1.165, 1.54) is 11.3 Å². The Morgan fingerprint density at radius 3 is 2.70 bits per heavy atom. The minimum Gasteiger partial charge on any atom is -0.393 e. The number of sulfonamides is 1. The van der Waals surface area contributed by atoms with Crippen LogP contribution in [0.2, 0.25) is 0 Å². The minimum atomic E-state index is -3.54. The minimum absolute atomic E-state index is 0.142. The van der Waals surface area contributed by atoms with E-state index < -0.39 is 10.0 Å². The van der Waals surface area contributed by atoms with Crippen LogP contribution in [0.15, 0.2) is 40.7 Å². The van der Waals surface area contributed by atoms with Crippen molar-refractivity contribution in [3.8, 4) is 0 Å². The van der Waals surface area contributed by atoms with E-state index in [0.717, 1.165) is 10.6 Å². The molecule has 23 heavy (non-hydrogen) atoms. The van der Waals surface area contributed by atoms with Crippen LogP contribution in [0.5, 0.6) is 0 Å². The highest BCUT2D eigenvalue weighted by Gasteiger charge is 2.36. The molecule has 2 heterocycles. The molecule has 5 nitrogen and oxygen atoms in total. The number of hydrogen-bond acceptors (Lipinski definition) is 5. The molecule has 0 aromatic carbocycles. The van der Waals surface area contributed by atoms with Crippen molar-refractivity contribution >= 4 is 21.4 Å². The molecule has 0 saturated heterocycles. The average Bonchev–Trinajstić information content (AvgIpc) is 2.92. The molecule has 124 valence electrons. The maximum Gasteiger partial charge on any atom is 0.250 e. The maximum absolute atomic E-state index is 12.6. The summed E-state index contributed by atoms with van der Waals surface area (Å²) in [6.07, 6.45) is 3.17. The second-order valence-corrected chi connectivity index (χ2v) is 9.23. The predicted molar refractivity (Wildman–Crippen MR) is 89.8 cm³/mol. The summed E-state index contributed by atoms with van der Waals surface area (Å²) in [5.74, 6) is 0.142. The zero-order valence-electron chi connectivity index (χ0n) is 12.8. The SMILES string of the molecule is Cc1ccc(S(=O)(=O)NC(Cc2ccccn2)C2CC(O)C2)s1. The molecular weight excluding hydrogens is 332 g/mol. The van der Waals surface area contributed by atoms with Crippen LogP contribution >= 0.6 is 11.3 Å². The van der Waals surface area contributed by atoms with Crippen molar-refractivity contribution < 1.29 is 13.5 Å². The highest BCUT2D eigenvalue weighted by molar-refractivity contribution is 7.91. The molecule has 0 bridgehead atoms. The monoisotopic (exact) mass is 352 g/mol. The van der Waals surface area contributed by atoms with Gasteiger partial charge in [-0.25, -0.2) is 13.1 Å². The average molecular weight is 352 g/mol. The van der Waals surface area contributed by atoms with Crippen molar-refractivity contribution in [2.24, 2.45) is 5.92 Å². The van der Waals surface area contributed by atoms with E-state index in [9.17, 15) is 13.5 Å². The van der Waals surface area contributed by atoms with Gasteiger partial charge in [-0.3, -0.25) is 4.98 Å². The number of aromatic nitrogens is 1. The summed E-state index contributed by atoms with van der Waals surface area (Å²) in [6.45, 7) is 1.89. The Bertz CT molecular complexity index is 753. The number of thiophene rings is 1. The van der Waals surface area contributed by atoms with Crippen molar-refractivity contribution in [1.82, 2.24) is 9.71 Å². The van der Waals surface area contributed by atoms with Gasteiger partial charge >= 0.3 is 0 Å². The second kappa shape index (κ2) is 6.68. The van der Waals surface area contributed by atoms with E-state index in [-0.39, 0.29) is 18.1 Å². The summed E-state index contributed by atoms with van der Waals surface area (Å²) >= 11 is 1.27. The summed E-state index contributed by atoms with van der Waals surface area (Å²) in [4.78, 5) is 5.25. The topological polar surface area (TPSA) is 79.3 Å². The van der Waals surface area contributed by atoms with E-state index in [0.29, 0.717) is 23.5 Å². The van der Waals surface area contributed by atoms with E-state index in [2.05, 4.69) is 9.71 Å². The first-order chi connectivity index (χ1) is 10.9. The summed E-state index contributed by atoms with van der Waals surface area (Å²) in [5, 5.41) is 9.56. The molecule has 1 unspecified atom stereocenters. The van der Waals surface area contributed by atoms with Crippen LogP contribution in [0.4, 0.5) is 0 Å². The third kappa shape index (κ3) is 3.98. The van der Waals surface area contributed by atoms with Gasteiger partial charge in [0.25, 0.3) is 0 Å². The highest BCUT2D eigenvalue weighted by Crippen LogP contribution is 2.32. The fraction of sp³-hybridized carbons (Fsp3) is 0.438. The van der Waals surface area contributed by atoms with Crippen molar-refractivity contribution in [2.75, 3.05) is 0 Å². The summed E-state index contributed by atoms with van der Waals surface area (Å²) in [7, 11) is -3.54. The summed E-state index contributed by atoms with van der Waals surface area (Å²) in [5.41, 5.74) is 0.851. The number of aliphatic hydroxyl groups is 1. The smallest absolute Gasteiger partial charge is 0.250 e. The molecular formula is C16H20N2O3S2. The molecule has 1 aliphatic carbocycles. The first-order valence-corrected chi connectivity index (χ1v) is 9.91. The van der Waals surface area contributed by atoms with Gasteiger partial charge in [-0.15, -0.1) is 11.3 Å². The summed E-state index contributed by atoms with van der Waals surface area (Å²) in [6, 6.07) is 8.82. The van der Waals surface area contributed by atoms with Crippen LogP contribution in [-0.4, -0.2) is 30.7 Å².